The van der Waals surface area contributed by atoms with Crippen LogP contribution in [0.4, 0.5) is 5.82 Å². The van der Waals surface area contributed by atoms with E-state index in [0.717, 1.165) is 31.0 Å². The molecule has 0 amide bonds. The van der Waals surface area contributed by atoms with Gasteiger partial charge < -0.3 is 10.2 Å². The van der Waals surface area contributed by atoms with E-state index < -0.39 is 0 Å². The minimum absolute atomic E-state index is 0.512. The van der Waals surface area contributed by atoms with Crippen molar-refractivity contribution in [2.75, 3.05) is 32.0 Å². The Hall–Kier alpha value is -1.23. The second kappa shape index (κ2) is 6.00. The molecule has 2 aliphatic rings. The summed E-state index contributed by atoms with van der Waals surface area (Å²) < 4.78 is 1.98. The molecule has 1 unspecified atom stereocenters. The second-order valence-electron chi connectivity index (χ2n) is 6.53. The van der Waals surface area contributed by atoms with E-state index in [9.17, 15) is 0 Å². The number of nitrogens with zero attached hydrogens (tertiary/aromatic N) is 3. The number of aromatic nitrogens is 2. The minimum atomic E-state index is 0.512. The molecule has 0 saturated carbocycles. The molecule has 122 valence electrons. The fourth-order valence-electron chi connectivity index (χ4n) is 3.77. The highest BCUT2D eigenvalue weighted by molar-refractivity contribution is 6.34. The fraction of sp³-hybridized carbons (Fsp3) is 0.471. The lowest BCUT2D eigenvalue weighted by Crippen LogP contribution is -2.31. The highest BCUT2D eigenvalue weighted by Gasteiger charge is 2.30. The van der Waals surface area contributed by atoms with Crippen LogP contribution in [0.3, 0.4) is 0 Å². The Bertz CT molecular complexity index is 720. The average Bonchev–Trinajstić information content (AvgIpc) is 3.07. The van der Waals surface area contributed by atoms with Gasteiger partial charge in [-0.3, -0.25) is 0 Å². The van der Waals surface area contributed by atoms with Crippen LogP contribution in [0, 0.1) is 0 Å². The Morgan fingerprint density at radius 3 is 2.74 bits per heavy atom. The van der Waals surface area contributed by atoms with Gasteiger partial charge in [0.15, 0.2) is 0 Å². The average molecular weight is 351 g/mol. The van der Waals surface area contributed by atoms with Crippen molar-refractivity contribution in [3.8, 4) is 5.69 Å². The zero-order valence-corrected chi connectivity index (χ0v) is 14.7. The Kier molecular flexibility index (Phi) is 4.00. The van der Waals surface area contributed by atoms with Crippen LogP contribution in [0.1, 0.15) is 30.0 Å². The number of nitrogens with one attached hydrogen (secondary N) is 1. The predicted molar refractivity (Wildman–Crippen MR) is 95.2 cm³/mol. The van der Waals surface area contributed by atoms with Gasteiger partial charge in [0.1, 0.15) is 5.82 Å². The van der Waals surface area contributed by atoms with Gasteiger partial charge in [-0.15, -0.1) is 0 Å². The number of benzene rings is 1. The lowest BCUT2D eigenvalue weighted by Gasteiger charge is -2.29. The van der Waals surface area contributed by atoms with Crippen LogP contribution in [0.25, 0.3) is 5.69 Å². The Morgan fingerprint density at radius 2 is 2.00 bits per heavy atom. The molecule has 2 aromatic rings. The maximum Gasteiger partial charge on any atom is 0.133 e. The van der Waals surface area contributed by atoms with E-state index in [1.54, 1.807) is 6.07 Å². The molecule has 6 heteroatoms. The Labute approximate surface area is 146 Å². The van der Waals surface area contributed by atoms with E-state index in [0.29, 0.717) is 16.0 Å². The van der Waals surface area contributed by atoms with Gasteiger partial charge in [-0.2, -0.15) is 5.10 Å². The monoisotopic (exact) mass is 350 g/mol. The van der Waals surface area contributed by atoms with E-state index in [4.69, 9.17) is 28.3 Å². The summed E-state index contributed by atoms with van der Waals surface area (Å²) in [6, 6.07) is 5.58. The van der Waals surface area contributed by atoms with Crippen molar-refractivity contribution in [3.05, 3.63) is 39.5 Å². The standard InChI is InChI=1S/C17H20Cl2N4/c1-22-6-2-3-11(10-22)16-15-4-5-20-17(15)23(21-16)14-8-12(18)7-13(19)9-14/h7-9,11,20H,2-6,10H2,1H3. The van der Waals surface area contributed by atoms with Gasteiger partial charge >= 0.3 is 0 Å². The molecule has 2 aliphatic heterocycles. The van der Waals surface area contributed by atoms with Gasteiger partial charge in [-0.1, -0.05) is 23.2 Å². The summed E-state index contributed by atoms with van der Waals surface area (Å²) in [4.78, 5) is 2.40. The zero-order chi connectivity index (χ0) is 16.0. The van der Waals surface area contributed by atoms with Crippen molar-refractivity contribution in [2.24, 2.45) is 0 Å². The first-order valence-corrected chi connectivity index (χ1v) is 8.88. The van der Waals surface area contributed by atoms with Crippen LogP contribution in [-0.4, -0.2) is 41.4 Å². The summed E-state index contributed by atoms with van der Waals surface area (Å²) in [5.74, 6) is 1.62. The first-order valence-electron chi connectivity index (χ1n) is 8.12. The second-order valence-corrected chi connectivity index (χ2v) is 7.40. The fourth-order valence-corrected chi connectivity index (χ4v) is 4.28. The third kappa shape index (κ3) is 2.84. The van der Waals surface area contributed by atoms with Crippen LogP contribution < -0.4 is 5.32 Å². The molecule has 0 aliphatic carbocycles. The lowest BCUT2D eigenvalue weighted by atomic mass is 9.92. The Balaban J connectivity index is 1.78. The van der Waals surface area contributed by atoms with Gasteiger partial charge in [0.05, 0.1) is 11.4 Å². The summed E-state index contributed by atoms with van der Waals surface area (Å²) in [6.07, 6.45) is 3.49. The van der Waals surface area contributed by atoms with Crippen molar-refractivity contribution in [1.82, 2.24) is 14.7 Å². The van der Waals surface area contributed by atoms with Gasteiger partial charge in [0.2, 0.25) is 0 Å². The molecule has 1 N–H and O–H groups in total. The number of anilines is 1. The third-order valence-electron chi connectivity index (χ3n) is 4.79. The highest BCUT2D eigenvalue weighted by atomic mass is 35.5. The number of fused-ring (bicyclic) bond motifs is 1. The highest BCUT2D eigenvalue weighted by Crippen LogP contribution is 2.36. The Morgan fingerprint density at radius 1 is 1.22 bits per heavy atom. The van der Waals surface area contributed by atoms with Gasteiger partial charge in [0.25, 0.3) is 0 Å². The van der Waals surface area contributed by atoms with E-state index in [1.165, 1.54) is 30.6 Å². The SMILES string of the molecule is CN1CCCC(c2nn(-c3cc(Cl)cc(Cl)c3)c3c2CCN3)C1. The molecular weight excluding hydrogens is 331 g/mol. The third-order valence-corrected chi connectivity index (χ3v) is 5.22. The largest absolute Gasteiger partial charge is 0.369 e. The number of hydrogen-bond donors (Lipinski definition) is 1. The predicted octanol–water partition coefficient (Wildman–Crippen LogP) is 3.96. The molecule has 0 spiro atoms. The summed E-state index contributed by atoms with van der Waals surface area (Å²) >= 11 is 12.3. The first-order chi connectivity index (χ1) is 11.1. The summed E-state index contributed by atoms with van der Waals surface area (Å²) in [5, 5.41) is 9.70. The molecule has 1 atom stereocenters. The van der Waals surface area contributed by atoms with Gasteiger partial charge in [-0.25, -0.2) is 4.68 Å². The van der Waals surface area contributed by atoms with Gasteiger partial charge in [0, 0.05) is 34.6 Å². The lowest BCUT2D eigenvalue weighted by molar-refractivity contribution is 0.247. The van der Waals surface area contributed by atoms with E-state index in [-0.39, 0.29) is 0 Å². The summed E-state index contributed by atoms with van der Waals surface area (Å²) in [6.45, 7) is 3.23. The molecule has 1 fully saturated rings. The van der Waals surface area contributed by atoms with Crippen molar-refractivity contribution in [1.29, 1.82) is 0 Å². The molecule has 0 radical (unpaired) electrons. The smallest absolute Gasteiger partial charge is 0.133 e. The number of piperidine rings is 1. The van der Waals surface area contributed by atoms with Crippen LogP contribution in [0.5, 0.6) is 0 Å². The molecule has 1 aromatic heterocycles. The molecule has 3 heterocycles. The topological polar surface area (TPSA) is 33.1 Å². The molecule has 4 rings (SSSR count). The van der Waals surface area contributed by atoms with Crippen molar-refractivity contribution < 1.29 is 0 Å². The number of likely N-dealkylation sites (N-methyl/N-ethyl adjacent to an activating group) is 1. The number of rotatable bonds is 2. The maximum absolute atomic E-state index is 6.17. The zero-order valence-electron chi connectivity index (χ0n) is 13.1. The van der Waals surface area contributed by atoms with E-state index in [1.807, 2.05) is 16.8 Å². The number of hydrogen-bond acceptors (Lipinski definition) is 3. The minimum Gasteiger partial charge on any atom is -0.369 e. The molecular formula is C17H20Cl2N4. The number of halogens is 2. The van der Waals surface area contributed by atoms with Crippen LogP contribution >= 0.6 is 23.2 Å². The number of likely N-dealkylation sites (tertiary alicyclic amines) is 1. The van der Waals surface area contributed by atoms with Crippen molar-refractivity contribution >= 4 is 29.0 Å². The van der Waals surface area contributed by atoms with Crippen molar-refractivity contribution in [2.45, 2.75) is 25.2 Å². The quantitative estimate of drug-likeness (QED) is 0.889. The summed E-state index contributed by atoms with van der Waals surface area (Å²) in [7, 11) is 2.19. The molecule has 4 nitrogen and oxygen atoms in total. The van der Waals surface area contributed by atoms with Crippen molar-refractivity contribution in [3.63, 3.8) is 0 Å². The van der Waals surface area contributed by atoms with E-state index >= 15 is 0 Å². The molecule has 23 heavy (non-hydrogen) atoms. The van der Waals surface area contributed by atoms with E-state index in [2.05, 4.69) is 17.3 Å². The van der Waals surface area contributed by atoms with Gasteiger partial charge in [-0.05, 0) is 51.1 Å². The normalized spacial score (nSPS) is 21.3. The van der Waals surface area contributed by atoms with Crippen LogP contribution in [-0.2, 0) is 6.42 Å². The van der Waals surface area contributed by atoms with Crippen LogP contribution in [0.15, 0.2) is 18.2 Å². The first kappa shape index (κ1) is 15.3. The van der Waals surface area contributed by atoms with Crippen LogP contribution in [0.2, 0.25) is 10.0 Å². The maximum atomic E-state index is 6.17. The molecule has 0 bridgehead atoms. The molecule has 1 saturated heterocycles. The molecule has 1 aromatic carbocycles. The summed E-state index contributed by atoms with van der Waals surface area (Å²) in [5.41, 5.74) is 3.53.